The van der Waals surface area contributed by atoms with Gasteiger partial charge in [0.05, 0.1) is 16.3 Å². The Kier molecular flexibility index (Phi) is 3.74. The number of nitro benzene ring substituents is 1. The molecule has 2 aromatic rings. The van der Waals surface area contributed by atoms with Crippen LogP contribution in [0.4, 0.5) is 22.7 Å². The van der Waals surface area contributed by atoms with Crippen LogP contribution in [0.1, 0.15) is 11.1 Å². The molecule has 2 N–H and O–H groups in total. The molecule has 6 nitrogen and oxygen atoms in total. The first-order valence-corrected chi connectivity index (χ1v) is 6.00. The zero-order chi connectivity index (χ0) is 14.7. The van der Waals surface area contributed by atoms with Crippen LogP contribution >= 0.6 is 0 Å². The van der Waals surface area contributed by atoms with E-state index in [-0.39, 0.29) is 5.69 Å². The Balaban J connectivity index is 2.27. The number of nitro groups is 1. The van der Waals surface area contributed by atoms with Crippen molar-refractivity contribution in [1.29, 1.82) is 0 Å². The molecule has 0 radical (unpaired) electrons. The third-order valence-electron chi connectivity index (χ3n) is 2.84. The number of hydrogen-bond acceptors (Lipinski definition) is 5. The van der Waals surface area contributed by atoms with Gasteiger partial charge in [-0.2, -0.15) is 10.2 Å². The molecule has 0 heterocycles. The summed E-state index contributed by atoms with van der Waals surface area (Å²) in [5.41, 5.74) is 9.66. The second kappa shape index (κ2) is 5.48. The number of anilines is 1. The molecule has 0 aliphatic heterocycles. The van der Waals surface area contributed by atoms with Gasteiger partial charge >= 0.3 is 0 Å². The van der Waals surface area contributed by atoms with Crippen LogP contribution in [0.25, 0.3) is 0 Å². The maximum atomic E-state index is 10.6. The molecule has 0 saturated heterocycles. The van der Waals surface area contributed by atoms with E-state index in [1.54, 1.807) is 12.1 Å². The van der Waals surface area contributed by atoms with Gasteiger partial charge in [0, 0.05) is 17.8 Å². The van der Waals surface area contributed by atoms with E-state index >= 15 is 0 Å². The number of azo groups is 1. The van der Waals surface area contributed by atoms with Gasteiger partial charge in [-0.25, -0.2) is 0 Å². The van der Waals surface area contributed by atoms with E-state index in [0.29, 0.717) is 11.4 Å². The Morgan fingerprint density at radius 3 is 2.10 bits per heavy atom. The molecule has 0 aromatic heterocycles. The Morgan fingerprint density at radius 2 is 1.60 bits per heavy atom. The monoisotopic (exact) mass is 270 g/mol. The Bertz CT molecular complexity index is 655. The molecule has 2 aromatic carbocycles. The Hall–Kier alpha value is -2.76. The zero-order valence-corrected chi connectivity index (χ0v) is 11.2. The van der Waals surface area contributed by atoms with Crippen molar-refractivity contribution in [1.82, 2.24) is 0 Å². The second-order valence-electron chi connectivity index (χ2n) is 4.48. The largest absolute Gasteiger partial charge is 0.399 e. The Morgan fingerprint density at radius 1 is 1.05 bits per heavy atom. The number of rotatable bonds is 3. The van der Waals surface area contributed by atoms with Crippen LogP contribution < -0.4 is 5.73 Å². The number of nitrogen functional groups attached to an aromatic ring is 1. The third-order valence-corrected chi connectivity index (χ3v) is 2.84. The highest BCUT2D eigenvalue weighted by Crippen LogP contribution is 2.28. The van der Waals surface area contributed by atoms with Gasteiger partial charge in [0.1, 0.15) is 0 Å². The molecule has 102 valence electrons. The van der Waals surface area contributed by atoms with Crippen molar-refractivity contribution < 1.29 is 4.92 Å². The molecule has 0 amide bonds. The summed E-state index contributed by atoms with van der Waals surface area (Å²) in [6.45, 7) is 3.82. The molecule has 0 bridgehead atoms. The van der Waals surface area contributed by atoms with E-state index in [1.807, 2.05) is 26.0 Å². The van der Waals surface area contributed by atoms with Crippen molar-refractivity contribution in [2.24, 2.45) is 10.2 Å². The lowest BCUT2D eigenvalue weighted by molar-refractivity contribution is -0.384. The smallest absolute Gasteiger partial charge is 0.269 e. The van der Waals surface area contributed by atoms with Crippen LogP contribution in [0.5, 0.6) is 0 Å². The van der Waals surface area contributed by atoms with E-state index in [1.165, 1.54) is 12.1 Å². The number of non-ortho nitro benzene ring substituents is 1. The number of nitrogens with two attached hydrogens (primary N) is 1. The molecular weight excluding hydrogens is 256 g/mol. The molecule has 0 fully saturated rings. The highest BCUT2D eigenvalue weighted by molar-refractivity contribution is 5.59. The first kappa shape index (κ1) is 13.7. The average Bonchev–Trinajstić information content (AvgIpc) is 2.38. The minimum absolute atomic E-state index is 0.0313. The summed E-state index contributed by atoms with van der Waals surface area (Å²) in [6, 6.07) is 9.58. The first-order chi connectivity index (χ1) is 9.47. The summed E-state index contributed by atoms with van der Waals surface area (Å²) >= 11 is 0. The second-order valence-corrected chi connectivity index (χ2v) is 4.48. The summed E-state index contributed by atoms with van der Waals surface area (Å²) in [7, 11) is 0. The van der Waals surface area contributed by atoms with Crippen molar-refractivity contribution in [3.63, 3.8) is 0 Å². The summed E-state index contributed by atoms with van der Waals surface area (Å²) in [6.07, 6.45) is 0. The summed E-state index contributed by atoms with van der Waals surface area (Å²) in [4.78, 5) is 10.1. The minimum Gasteiger partial charge on any atom is -0.399 e. The van der Waals surface area contributed by atoms with Crippen molar-refractivity contribution >= 4 is 22.7 Å². The zero-order valence-electron chi connectivity index (χ0n) is 11.2. The van der Waals surface area contributed by atoms with Crippen LogP contribution in [-0.2, 0) is 0 Å². The lowest BCUT2D eigenvalue weighted by atomic mass is 10.1. The van der Waals surface area contributed by atoms with Gasteiger partial charge in [0.2, 0.25) is 0 Å². The molecular formula is C14H14N4O2. The SMILES string of the molecule is Cc1cc(N)cc(C)c1N=Nc1ccc([N+](=O)[O-])cc1. The van der Waals surface area contributed by atoms with Crippen molar-refractivity contribution in [3.8, 4) is 0 Å². The molecule has 0 unspecified atom stereocenters. The molecule has 0 aliphatic carbocycles. The van der Waals surface area contributed by atoms with Gasteiger partial charge in [-0.05, 0) is 49.2 Å². The van der Waals surface area contributed by atoms with Gasteiger partial charge in [-0.1, -0.05) is 0 Å². The highest BCUT2D eigenvalue weighted by atomic mass is 16.6. The highest BCUT2D eigenvalue weighted by Gasteiger charge is 2.05. The topological polar surface area (TPSA) is 93.9 Å². The molecule has 20 heavy (non-hydrogen) atoms. The lowest BCUT2D eigenvalue weighted by Gasteiger charge is -2.05. The molecule has 0 aliphatic rings. The van der Waals surface area contributed by atoms with Crippen LogP contribution in [0, 0.1) is 24.0 Å². The lowest BCUT2D eigenvalue weighted by Crippen LogP contribution is -1.88. The molecule has 0 atom stereocenters. The first-order valence-electron chi connectivity index (χ1n) is 6.00. The van der Waals surface area contributed by atoms with Crippen LogP contribution in [0.15, 0.2) is 46.6 Å². The Labute approximate surface area is 116 Å². The number of aryl methyl sites for hydroxylation is 2. The maximum Gasteiger partial charge on any atom is 0.269 e. The summed E-state index contributed by atoms with van der Waals surface area (Å²) < 4.78 is 0. The molecule has 2 rings (SSSR count). The van der Waals surface area contributed by atoms with Crippen LogP contribution in [-0.4, -0.2) is 4.92 Å². The molecule has 0 spiro atoms. The van der Waals surface area contributed by atoms with Gasteiger partial charge in [-0.15, -0.1) is 0 Å². The fourth-order valence-corrected chi connectivity index (χ4v) is 1.90. The van der Waals surface area contributed by atoms with E-state index in [9.17, 15) is 10.1 Å². The molecule has 0 saturated carbocycles. The third kappa shape index (κ3) is 2.97. The van der Waals surface area contributed by atoms with Crippen LogP contribution in [0.3, 0.4) is 0 Å². The fourth-order valence-electron chi connectivity index (χ4n) is 1.90. The van der Waals surface area contributed by atoms with Gasteiger partial charge in [-0.3, -0.25) is 10.1 Å². The maximum absolute atomic E-state index is 10.6. The van der Waals surface area contributed by atoms with Crippen molar-refractivity contribution in [2.75, 3.05) is 5.73 Å². The van der Waals surface area contributed by atoms with Crippen molar-refractivity contribution in [2.45, 2.75) is 13.8 Å². The predicted molar refractivity (Wildman–Crippen MR) is 77.6 cm³/mol. The summed E-state index contributed by atoms with van der Waals surface area (Å²) in [5, 5.41) is 18.8. The number of benzene rings is 2. The van der Waals surface area contributed by atoms with E-state index in [2.05, 4.69) is 10.2 Å². The summed E-state index contributed by atoms with van der Waals surface area (Å²) in [5.74, 6) is 0. The van der Waals surface area contributed by atoms with Gasteiger partial charge in [0.15, 0.2) is 0 Å². The predicted octanol–water partition coefficient (Wildman–Crippen LogP) is 4.21. The minimum atomic E-state index is -0.449. The van der Waals surface area contributed by atoms with E-state index in [4.69, 9.17) is 5.73 Å². The fraction of sp³-hybridized carbons (Fsp3) is 0.143. The normalized spacial score (nSPS) is 10.9. The number of hydrogen-bond donors (Lipinski definition) is 1. The van der Waals surface area contributed by atoms with Crippen LogP contribution in [0.2, 0.25) is 0 Å². The quantitative estimate of drug-likeness (QED) is 0.391. The standard InChI is InChI=1S/C14H14N4O2/c1-9-7-11(15)8-10(2)14(9)17-16-12-3-5-13(6-4-12)18(19)20/h3-8H,15H2,1-2H3. The van der Waals surface area contributed by atoms with E-state index < -0.39 is 4.92 Å². The average molecular weight is 270 g/mol. The van der Waals surface area contributed by atoms with Crippen molar-refractivity contribution in [3.05, 3.63) is 57.6 Å². The van der Waals surface area contributed by atoms with Gasteiger partial charge in [0.25, 0.3) is 5.69 Å². The van der Waals surface area contributed by atoms with E-state index in [0.717, 1.165) is 16.8 Å². The number of nitrogens with zero attached hydrogens (tertiary/aromatic N) is 3. The molecule has 6 heteroatoms. The van der Waals surface area contributed by atoms with Gasteiger partial charge < -0.3 is 5.73 Å².